The van der Waals surface area contributed by atoms with Gasteiger partial charge in [0.1, 0.15) is 17.8 Å². The van der Waals surface area contributed by atoms with Crippen molar-refractivity contribution in [3.63, 3.8) is 0 Å². The number of unbranched alkanes of at least 4 members (excludes halogenated alkanes) is 5. The van der Waals surface area contributed by atoms with Crippen LogP contribution in [0.15, 0.2) is 24.3 Å². The highest BCUT2D eigenvalue weighted by atomic mass is 16.4. The molecule has 5 nitrogen and oxygen atoms in total. The van der Waals surface area contributed by atoms with Crippen LogP contribution in [0.2, 0.25) is 0 Å². The number of aliphatic hydroxyl groups is 1. The molecule has 27 heavy (non-hydrogen) atoms. The lowest BCUT2D eigenvalue weighted by Crippen LogP contribution is -2.40. The van der Waals surface area contributed by atoms with Gasteiger partial charge in [-0.25, -0.2) is 0 Å². The molecule has 0 bridgehead atoms. The molecule has 0 aromatic heterocycles. The zero-order chi connectivity index (χ0) is 20.2. The number of carbonyl (C=O) groups is 3. The molecule has 0 aliphatic rings. The van der Waals surface area contributed by atoms with Crippen LogP contribution >= 0.6 is 0 Å². The first-order valence-electron chi connectivity index (χ1n) is 9.99. The summed E-state index contributed by atoms with van der Waals surface area (Å²) in [6, 6.07) is 6.85. The number of aliphatic carboxylic acids is 1. The molecule has 0 radical (unpaired) electrons. The van der Waals surface area contributed by atoms with Crippen LogP contribution in [0.3, 0.4) is 0 Å². The smallest absolute Gasteiger partial charge is 0.317 e. The number of carbonyl (C=O) groups excluding carboxylic acids is 2. The van der Waals surface area contributed by atoms with Crippen LogP contribution in [0.1, 0.15) is 81.1 Å². The van der Waals surface area contributed by atoms with Crippen molar-refractivity contribution in [2.45, 2.75) is 77.7 Å². The molecular weight excluding hydrogens is 344 g/mol. The number of rotatable bonds is 14. The van der Waals surface area contributed by atoms with Crippen molar-refractivity contribution in [2.24, 2.45) is 5.92 Å². The first-order chi connectivity index (χ1) is 12.9. The number of hydrogen-bond acceptors (Lipinski definition) is 4. The van der Waals surface area contributed by atoms with E-state index in [2.05, 4.69) is 6.92 Å². The van der Waals surface area contributed by atoms with Crippen molar-refractivity contribution >= 4 is 17.5 Å². The summed E-state index contributed by atoms with van der Waals surface area (Å²) in [7, 11) is 0. The Morgan fingerprint density at radius 3 is 2.04 bits per heavy atom. The molecule has 0 amide bonds. The van der Waals surface area contributed by atoms with Crippen molar-refractivity contribution < 1.29 is 24.6 Å². The highest BCUT2D eigenvalue weighted by Gasteiger charge is 2.37. The summed E-state index contributed by atoms with van der Waals surface area (Å²) >= 11 is 0. The predicted octanol–water partition coefficient (Wildman–Crippen LogP) is 4.20. The molecule has 0 heterocycles. The lowest BCUT2D eigenvalue weighted by atomic mass is 9.89. The zero-order valence-electron chi connectivity index (χ0n) is 16.4. The second kappa shape index (κ2) is 12.4. The van der Waals surface area contributed by atoms with Crippen molar-refractivity contribution in [2.75, 3.05) is 0 Å². The van der Waals surface area contributed by atoms with Crippen molar-refractivity contribution in [1.29, 1.82) is 0 Å². The Bertz CT molecular complexity index is 606. The van der Waals surface area contributed by atoms with Gasteiger partial charge in [0, 0.05) is 12.0 Å². The van der Waals surface area contributed by atoms with E-state index in [1.807, 2.05) is 12.1 Å². The van der Waals surface area contributed by atoms with E-state index in [0.717, 1.165) is 18.4 Å². The maximum atomic E-state index is 12.4. The number of aryl methyl sites for hydroxylation is 1. The largest absolute Gasteiger partial charge is 0.481 e. The summed E-state index contributed by atoms with van der Waals surface area (Å²) in [5, 5.41) is 19.4. The van der Waals surface area contributed by atoms with Gasteiger partial charge in [-0.05, 0) is 24.8 Å². The summed E-state index contributed by atoms with van der Waals surface area (Å²) in [4.78, 5) is 35.7. The van der Waals surface area contributed by atoms with Crippen LogP contribution in [0.5, 0.6) is 0 Å². The van der Waals surface area contributed by atoms with E-state index in [-0.39, 0.29) is 12.0 Å². The molecule has 0 aliphatic carbocycles. The van der Waals surface area contributed by atoms with Gasteiger partial charge in [-0.1, -0.05) is 70.2 Å². The second-order valence-corrected chi connectivity index (χ2v) is 7.06. The van der Waals surface area contributed by atoms with Crippen molar-refractivity contribution in [3.05, 3.63) is 35.4 Å². The minimum atomic E-state index is -1.86. The SMILES string of the molecule is CCCCCCCCc1ccc(C(=O)C(O)C(C(=O)O)C(=O)CCC)cc1. The minimum absolute atomic E-state index is 0.0263. The Labute approximate surface area is 161 Å². The Balaban J connectivity index is 2.64. The van der Waals surface area contributed by atoms with Crippen LogP contribution in [0, 0.1) is 5.92 Å². The van der Waals surface area contributed by atoms with E-state index >= 15 is 0 Å². The van der Waals surface area contributed by atoms with Gasteiger partial charge in [-0.2, -0.15) is 0 Å². The van der Waals surface area contributed by atoms with E-state index in [4.69, 9.17) is 0 Å². The van der Waals surface area contributed by atoms with E-state index in [9.17, 15) is 24.6 Å². The van der Waals surface area contributed by atoms with Gasteiger partial charge in [0.05, 0.1) is 0 Å². The fourth-order valence-electron chi connectivity index (χ4n) is 3.12. The van der Waals surface area contributed by atoms with E-state index in [1.165, 1.54) is 32.1 Å². The van der Waals surface area contributed by atoms with Gasteiger partial charge >= 0.3 is 5.97 Å². The number of carboxylic acids is 1. The van der Waals surface area contributed by atoms with Gasteiger partial charge in [0.2, 0.25) is 0 Å². The van der Waals surface area contributed by atoms with Crippen LogP contribution in [-0.4, -0.2) is 33.9 Å². The summed E-state index contributed by atoms with van der Waals surface area (Å²) in [5.74, 6) is -4.52. The Morgan fingerprint density at radius 2 is 1.48 bits per heavy atom. The number of benzene rings is 1. The quantitative estimate of drug-likeness (QED) is 0.288. The average molecular weight is 376 g/mol. The molecule has 1 rings (SSSR count). The molecule has 0 fully saturated rings. The highest BCUT2D eigenvalue weighted by Crippen LogP contribution is 2.17. The van der Waals surface area contributed by atoms with E-state index < -0.39 is 29.6 Å². The fraction of sp³-hybridized carbons (Fsp3) is 0.591. The van der Waals surface area contributed by atoms with Gasteiger partial charge < -0.3 is 10.2 Å². The molecule has 1 aromatic carbocycles. The van der Waals surface area contributed by atoms with Crippen LogP contribution in [0.4, 0.5) is 0 Å². The molecule has 0 spiro atoms. The summed E-state index contributed by atoms with van der Waals surface area (Å²) in [6.07, 6.45) is 6.84. The van der Waals surface area contributed by atoms with E-state index in [0.29, 0.717) is 6.42 Å². The van der Waals surface area contributed by atoms with Crippen molar-refractivity contribution in [3.8, 4) is 0 Å². The lowest BCUT2D eigenvalue weighted by molar-refractivity contribution is -0.149. The number of carboxylic acid groups (broad SMARTS) is 1. The van der Waals surface area contributed by atoms with Gasteiger partial charge in [-0.3, -0.25) is 14.4 Å². The third-order valence-electron chi connectivity index (χ3n) is 4.75. The normalized spacial score (nSPS) is 13.1. The number of hydrogen-bond donors (Lipinski definition) is 2. The zero-order valence-corrected chi connectivity index (χ0v) is 16.4. The Hall–Kier alpha value is -2.01. The molecule has 1 aromatic rings. The first kappa shape index (κ1) is 23.0. The Kier molecular flexibility index (Phi) is 10.6. The summed E-state index contributed by atoms with van der Waals surface area (Å²) in [5.41, 5.74) is 1.33. The lowest BCUT2D eigenvalue weighted by Gasteiger charge is -2.17. The molecule has 2 N–H and O–H groups in total. The maximum absolute atomic E-state index is 12.4. The molecule has 150 valence electrons. The average Bonchev–Trinajstić information content (AvgIpc) is 2.64. The van der Waals surface area contributed by atoms with Crippen molar-refractivity contribution in [1.82, 2.24) is 0 Å². The van der Waals surface area contributed by atoms with E-state index in [1.54, 1.807) is 19.1 Å². The maximum Gasteiger partial charge on any atom is 0.317 e. The summed E-state index contributed by atoms with van der Waals surface area (Å²) in [6.45, 7) is 3.94. The molecule has 2 unspecified atom stereocenters. The van der Waals surface area contributed by atoms with Crippen LogP contribution in [-0.2, 0) is 16.0 Å². The topological polar surface area (TPSA) is 91.7 Å². The minimum Gasteiger partial charge on any atom is -0.481 e. The number of aliphatic hydroxyl groups excluding tert-OH is 1. The molecule has 2 atom stereocenters. The third kappa shape index (κ3) is 7.63. The number of Topliss-reactive ketones (excluding diaryl/α,β-unsaturated/α-hetero) is 2. The Morgan fingerprint density at radius 1 is 0.889 bits per heavy atom. The van der Waals surface area contributed by atoms with Crippen LogP contribution < -0.4 is 0 Å². The molecule has 0 saturated heterocycles. The fourth-order valence-corrected chi connectivity index (χ4v) is 3.12. The van der Waals surface area contributed by atoms with Gasteiger partial charge in [0.15, 0.2) is 5.78 Å². The third-order valence-corrected chi connectivity index (χ3v) is 4.75. The highest BCUT2D eigenvalue weighted by molar-refractivity contribution is 6.08. The molecular formula is C22H32O5. The second-order valence-electron chi connectivity index (χ2n) is 7.06. The van der Waals surface area contributed by atoms with Crippen LogP contribution in [0.25, 0.3) is 0 Å². The molecule has 0 aliphatic heterocycles. The monoisotopic (exact) mass is 376 g/mol. The predicted molar refractivity (Wildman–Crippen MR) is 105 cm³/mol. The molecule has 0 saturated carbocycles. The number of ketones is 2. The van der Waals surface area contributed by atoms with Gasteiger partial charge in [0.25, 0.3) is 0 Å². The van der Waals surface area contributed by atoms with Gasteiger partial charge in [-0.15, -0.1) is 0 Å². The standard InChI is InChI=1S/C22H32O5/c1-3-5-6-7-8-9-11-16-12-14-17(15-13-16)20(24)21(25)19(22(26)27)18(23)10-4-2/h12-15,19,21,25H,3-11H2,1-2H3,(H,26,27). The first-order valence-corrected chi connectivity index (χ1v) is 9.99. The summed E-state index contributed by atoms with van der Waals surface area (Å²) < 4.78 is 0. The molecule has 5 heteroatoms.